The zero-order chi connectivity index (χ0) is 9.56. The highest BCUT2D eigenvalue weighted by atomic mass is 33.1. The summed E-state index contributed by atoms with van der Waals surface area (Å²) in [5.74, 6) is -0.967. The fourth-order valence-corrected chi connectivity index (χ4v) is 2.34. The Morgan fingerprint density at radius 3 is 2.58 bits per heavy atom. The van der Waals surface area contributed by atoms with Gasteiger partial charge >= 0.3 is 0 Å². The van der Waals surface area contributed by atoms with Crippen LogP contribution in [0.25, 0.3) is 0 Å². The van der Waals surface area contributed by atoms with Crippen molar-refractivity contribution in [3.63, 3.8) is 0 Å². The van der Waals surface area contributed by atoms with E-state index in [1.807, 2.05) is 13.2 Å². The van der Waals surface area contributed by atoms with Crippen molar-refractivity contribution >= 4 is 40.2 Å². The summed E-state index contributed by atoms with van der Waals surface area (Å²) < 4.78 is 0. The number of hydrogen-bond acceptors (Lipinski definition) is 5. The minimum atomic E-state index is -0.967. The number of rotatable bonds is 6. The van der Waals surface area contributed by atoms with Crippen molar-refractivity contribution in [3.8, 4) is 0 Å². The van der Waals surface area contributed by atoms with Gasteiger partial charge in [-0.15, -0.1) is 11.7 Å². The number of carboxylic acid groups (broad SMARTS) is 1. The maximum Gasteiger partial charge on any atom is 0.0425 e. The molecular formula is C7H13O2S3-. The van der Waals surface area contributed by atoms with E-state index in [1.165, 1.54) is 10.8 Å². The van der Waals surface area contributed by atoms with Crippen LogP contribution in [0.2, 0.25) is 0 Å². The Morgan fingerprint density at radius 2 is 2.25 bits per heavy atom. The van der Waals surface area contributed by atoms with Crippen LogP contribution < -0.4 is 5.11 Å². The molecule has 0 bridgehead atoms. The van der Waals surface area contributed by atoms with Gasteiger partial charge in [-0.2, -0.15) is 11.8 Å². The molecule has 0 radical (unpaired) electrons. The molecule has 0 amide bonds. The van der Waals surface area contributed by atoms with Gasteiger partial charge < -0.3 is 9.90 Å². The zero-order valence-corrected chi connectivity index (χ0v) is 9.68. The fourth-order valence-electron chi connectivity index (χ4n) is 0.862. The van der Waals surface area contributed by atoms with Gasteiger partial charge in [-0.05, 0) is 19.1 Å². The molecule has 0 aliphatic carbocycles. The van der Waals surface area contributed by atoms with E-state index in [0.29, 0.717) is 5.25 Å². The molecule has 0 saturated carbocycles. The summed E-state index contributed by atoms with van der Waals surface area (Å²) in [7, 11) is 1.46. The Morgan fingerprint density at radius 1 is 1.67 bits per heavy atom. The lowest BCUT2D eigenvalue weighted by atomic mass is 10.2. The highest BCUT2D eigenvalue weighted by molar-refractivity contribution is 8.68. The largest absolute Gasteiger partial charge is 0.550 e. The van der Waals surface area contributed by atoms with E-state index < -0.39 is 5.97 Å². The van der Waals surface area contributed by atoms with Crippen molar-refractivity contribution in [2.24, 2.45) is 0 Å². The summed E-state index contributed by atoms with van der Waals surface area (Å²) in [5.41, 5.74) is 0. The summed E-state index contributed by atoms with van der Waals surface area (Å²) in [6.45, 7) is 2.04. The molecule has 2 unspecified atom stereocenters. The lowest BCUT2D eigenvalue weighted by Crippen LogP contribution is -2.27. The van der Waals surface area contributed by atoms with Gasteiger partial charge in [-0.3, -0.25) is 0 Å². The molecule has 72 valence electrons. The molecule has 0 fully saturated rings. The van der Waals surface area contributed by atoms with E-state index in [0.717, 1.165) is 6.42 Å². The summed E-state index contributed by atoms with van der Waals surface area (Å²) in [6.07, 6.45) is 2.92. The van der Waals surface area contributed by atoms with E-state index in [1.54, 1.807) is 11.8 Å². The first-order valence-electron chi connectivity index (χ1n) is 3.63. The minimum Gasteiger partial charge on any atom is -0.550 e. The van der Waals surface area contributed by atoms with Gasteiger partial charge in [0, 0.05) is 16.5 Å². The molecule has 0 spiro atoms. The normalized spacial score (nSPS) is 15.6. The zero-order valence-electron chi connectivity index (χ0n) is 7.15. The molecule has 0 aliphatic rings. The first-order chi connectivity index (χ1) is 5.60. The maximum atomic E-state index is 10.3. The van der Waals surface area contributed by atoms with Crippen molar-refractivity contribution in [2.75, 3.05) is 6.26 Å². The van der Waals surface area contributed by atoms with Gasteiger partial charge in [0.15, 0.2) is 0 Å². The Balaban J connectivity index is 3.74. The Bertz CT molecular complexity index is 141. The van der Waals surface area contributed by atoms with Gasteiger partial charge in [0.2, 0.25) is 0 Å². The van der Waals surface area contributed by atoms with Crippen LogP contribution in [0.3, 0.4) is 0 Å². The molecule has 2 nitrogen and oxygen atoms in total. The molecule has 0 aromatic carbocycles. The Hall–Kier alpha value is 0.520. The average Bonchev–Trinajstić information content (AvgIpc) is 2.02. The van der Waals surface area contributed by atoms with E-state index in [-0.39, 0.29) is 11.7 Å². The van der Waals surface area contributed by atoms with Crippen LogP contribution in [0, 0.1) is 0 Å². The second kappa shape index (κ2) is 6.97. The molecule has 0 N–H and O–H groups in total. The molecule has 0 saturated heterocycles. The molecule has 0 aliphatic heterocycles. The van der Waals surface area contributed by atoms with Crippen LogP contribution in [-0.2, 0) is 4.79 Å². The molecule has 0 rings (SSSR count). The van der Waals surface area contributed by atoms with Gasteiger partial charge in [0.25, 0.3) is 0 Å². The molecule has 0 heterocycles. The van der Waals surface area contributed by atoms with Gasteiger partial charge in [0.1, 0.15) is 0 Å². The number of carbonyl (C=O) groups excluding carboxylic acids is 1. The average molecular weight is 225 g/mol. The third-order valence-corrected chi connectivity index (χ3v) is 4.16. The van der Waals surface area contributed by atoms with Crippen LogP contribution in [0.4, 0.5) is 0 Å². The van der Waals surface area contributed by atoms with E-state index in [9.17, 15) is 9.90 Å². The molecule has 0 aromatic heterocycles. The number of carboxylic acids is 1. The van der Waals surface area contributed by atoms with Crippen LogP contribution in [0.15, 0.2) is 0 Å². The van der Waals surface area contributed by atoms with E-state index in [4.69, 9.17) is 0 Å². The summed E-state index contributed by atoms with van der Waals surface area (Å²) >= 11 is 5.64. The van der Waals surface area contributed by atoms with E-state index in [2.05, 4.69) is 11.7 Å². The monoisotopic (exact) mass is 225 g/mol. The van der Waals surface area contributed by atoms with Crippen molar-refractivity contribution < 1.29 is 9.90 Å². The fraction of sp³-hybridized carbons (Fsp3) is 0.857. The number of carbonyl (C=O) groups is 1. The third-order valence-electron chi connectivity index (χ3n) is 1.50. The number of hydrogen-bond donors (Lipinski definition) is 1. The quantitative estimate of drug-likeness (QED) is 0.545. The SMILES string of the molecule is CSC(CC(=O)[O-])CC(C)SS. The Kier molecular flexibility index (Phi) is 7.28. The highest BCUT2D eigenvalue weighted by Crippen LogP contribution is 2.25. The molecule has 2 atom stereocenters. The standard InChI is InChI=1S/C7H14O2S3/c1-5(12-10)3-6(11-2)4-7(8)9/h5-6,10H,3-4H2,1-2H3,(H,8,9)/p-1. The second-order valence-corrected chi connectivity index (χ2v) is 5.37. The lowest BCUT2D eigenvalue weighted by molar-refractivity contribution is -0.305. The Labute approximate surface area is 86.7 Å². The molecule has 5 heteroatoms. The smallest absolute Gasteiger partial charge is 0.0425 e. The van der Waals surface area contributed by atoms with Gasteiger partial charge in [-0.1, -0.05) is 17.7 Å². The lowest BCUT2D eigenvalue weighted by Gasteiger charge is -2.17. The highest BCUT2D eigenvalue weighted by Gasteiger charge is 2.11. The van der Waals surface area contributed by atoms with E-state index >= 15 is 0 Å². The first kappa shape index (κ1) is 12.5. The van der Waals surface area contributed by atoms with Crippen LogP contribution in [0.1, 0.15) is 19.8 Å². The van der Waals surface area contributed by atoms with Gasteiger partial charge in [0.05, 0.1) is 0 Å². The number of thiol groups is 1. The van der Waals surface area contributed by atoms with Crippen LogP contribution in [-0.4, -0.2) is 22.7 Å². The van der Waals surface area contributed by atoms with Crippen molar-refractivity contribution in [1.82, 2.24) is 0 Å². The summed E-state index contributed by atoms with van der Waals surface area (Å²) in [6, 6.07) is 0. The molecular weight excluding hydrogens is 212 g/mol. The van der Waals surface area contributed by atoms with Gasteiger partial charge in [-0.25, -0.2) is 0 Å². The molecule has 0 aromatic rings. The van der Waals surface area contributed by atoms with Crippen molar-refractivity contribution in [1.29, 1.82) is 0 Å². The van der Waals surface area contributed by atoms with Crippen LogP contribution in [0.5, 0.6) is 0 Å². The number of thioether (sulfide) groups is 1. The summed E-state index contributed by atoms with van der Waals surface area (Å²) in [5, 5.41) is 10.8. The topological polar surface area (TPSA) is 40.1 Å². The minimum absolute atomic E-state index is 0.139. The molecule has 12 heavy (non-hydrogen) atoms. The first-order valence-corrected chi connectivity index (χ1v) is 6.85. The number of aliphatic carboxylic acids is 1. The maximum absolute atomic E-state index is 10.3. The predicted octanol–water partition coefficient (Wildman–Crippen LogP) is 1.21. The van der Waals surface area contributed by atoms with Crippen LogP contribution >= 0.6 is 34.2 Å². The van der Waals surface area contributed by atoms with Crippen molar-refractivity contribution in [3.05, 3.63) is 0 Å². The second-order valence-electron chi connectivity index (χ2n) is 2.59. The summed E-state index contributed by atoms with van der Waals surface area (Å²) in [4.78, 5) is 10.3. The predicted molar refractivity (Wildman–Crippen MR) is 57.6 cm³/mol. The third kappa shape index (κ3) is 6.08. The van der Waals surface area contributed by atoms with Crippen molar-refractivity contribution in [2.45, 2.75) is 30.3 Å².